The molecule has 1 aliphatic rings. The number of halogens is 1. The number of hydrogen-bond acceptors (Lipinski definition) is 1. The van der Waals surface area contributed by atoms with Crippen LogP contribution in [0.2, 0.25) is 5.02 Å². The van der Waals surface area contributed by atoms with E-state index in [2.05, 4.69) is 25.2 Å². The maximum atomic E-state index is 5.97. The van der Waals surface area contributed by atoms with Gasteiger partial charge in [0.1, 0.15) is 0 Å². The van der Waals surface area contributed by atoms with Gasteiger partial charge in [-0.3, -0.25) is 0 Å². The minimum atomic E-state index is 0.693. The molecular weight excluding hydrogens is 230 g/mol. The van der Waals surface area contributed by atoms with Crippen LogP contribution in [0, 0.1) is 12.8 Å². The van der Waals surface area contributed by atoms with Crippen LogP contribution in [-0.4, -0.2) is 6.04 Å². The lowest BCUT2D eigenvalue weighted by atomic mass is 9.86. The summed E-state index contributed by atoms with van der Waals surface area (Å²) < 4.78 is 0. The maximum Gasteiger partial charge on any atom is 0.0408 e. The highest BCUT2D eigenvalue weighted by atomic mass is 35.5. The summed E-state index contributed by atoms with van der Waals surface area (Å²) >= 11 is 5.97. The van der Waals surface area contributed by atoms with Crippen molar-refractivity contribution in [1.29, 1.82) is 0 Å². The maximum absolute atomic E-state index is 5.97. The molecule has 0 spiro atoms. The summed E-state index contributed by atoms with van der Waals surface area (Å²) in [6.07, 6.45) is 5.48. The second-order valence-electron chi connectivity index (χ2n) is 5.32. The summed E-state index contributed by atoms with van der Waals surface area (Å²) in [4.78, 5) is 0. The number of aryl methyl sites for hydroxylation is 1. The molecule has 1 nitrogen and oxygen atoms in total. The zero-order valence-electron chi connectivity index (χ0n) is 10.8. The largest absolute Gasteiger partial charge is 0.310 e. The third-order valence-corrected chi connectivity index (χ3v) is 4.21. The molecule has 0 amide bonds. The number of hydrogen-bond donors (Lipinski definition) is 1. The minimum Gasteiger partial charge on any atom is -0.310 e. The number of rotatable bonds is 3. The molecule has 0 radical (unpaired) electrons. The highest BCUT2D eigenvalue weighted by Gasteiger charge is 2.20. The lowest BCUT2D eigenvalue weighted by Gasteiger charge is -2.30. The van der Waals surface area contributed by atoms with Crippen LogP contribution in [0.1, 0.15) is 43.7 Å². The zero-order chi connectivity index (χ0) is 12.3. The van der Waals surface area contributed by atoms with E-state index >= 15 is 0 Å². The van der Waals surface area contributed by atoms with E-state index in [0.29, 0.717) is 6.04 Å². The van der Waals surface area contributed by atoms with Crippen molar-refractivity contribution in [2.24, 2.45) is 5.92 Å². The van der Waals surface area contributed by atoms with E-state index in [9.17, 15) is 0 Å². The van der Waals surface area contributed by atoms with Crippen molar-refractivity contribution in [3.8, 4) is 0 Å². The van der Waals surface area contributed by atoms with Crippen LogP contribution < -0.4 is 5.32 Å². The lowest BCUT2D eigenvalue weighted by Crippen LogP contribution is -2.36. The van der Waals surface area contributed by atoms with Crippen molar-refractivity contribution in [2.45, 2.75) is 52.1 Å². The molecule has 0 aromatic heterocycles. The van der Waals surface area contributed by atoms with Crippen LogP contribution in [0.3, 0.4) is 0 Å². The van der Waals surface area contributed by atoms with Crippen molar-refractivity contribution in [3.05, 3.63) is 34.3 Å². The zero-order valence-corrected chi connectivity index (χ0v) is 11.6. The Labute approximate surface area is 110 Å². The highest BCUT2D eigenvalue weighted by Crippen LogP contribution is 2.24. The Bertz CT molecular complexity index is 375. The first-order chi connectivity index (χ1) is 8.16. The summed E-state index contributed by atoms with van der Waals surface area (Å²) in [5.74, 6) is 0.816. The summed E-state index contributed by atoms with van der Waals surface area (Å²) in [5.41, 5.74) is 2.65. The van der Waals surface area contributed by atoms with Gasteiger partial charge in [0.25, 0.3) is 0 Å². The molecule has 17 heavy (non-hydrogen) atoms. The molecule has 1 aromatic rings. The topological polar surface area (TPSA) is 12.0 Å². The fourth-order valence-corrected chi connectivity index (χ4v) is 2.94. The van der Waals surface area contributed by atoms with Gasteiger partial charge in [-0.1, -0.05) is 37.4 Å². The van der Waals surface area contributed by atoms with E-state index in [4.69, 9.17) is 11.6 Å². The summed E-state index contributed by atoms with van der Waals surface area (Å²) in [5, 5.41) is 4.54. The Morgan fingerprint density at radius 2 is 2.06 bits per heavy atom. The molecule has 94 valence electrons. The van der Waals surface area contributed by atoms with E-state index in [1.54, 1.807) is 0 Å². The molecule has 0 saturated heterocycles. The molecule has 2 unspecified atom stereocenters. The van der Waals surface area contributed by atoms with E-state index in [0.717, 1.165) is 17.5 Å². The van der Waals surface area contributed by atoms with Crippen molar-refractivity contribution in [1.82, 2.24) is 5.32 Å². The fraction of sp³-hybridized carbons (Fsp3) is 0.600. The second kappa shape index (κ2) is 5.88. The molecule has 0 heterocycles. The molecule has 0 bridgehead atoms. The standard InChI is InChI=1S/C15H22ClN/c1-11-5-3-4-6-15(11)17-10-13-7-8-14(16)9-12(13)2/h7-9,11,15,17H,3-6,10H2,1-2H3. The molecule has 1 saturated carbocycles. The van der Waals surface area contributed by atoms with Crippen molar-refractivity contribution < 1.29 is 0 Å². The van der Waals surface area contributed by atoms with Gasteiger partial charge in [-0.25, -0.2) is 0 Å². The molecule has 1 aromatic carbocycles. The van der Waals surface area contributed by atoms with Crippen LogP contribution in [0.15, 0.2) is 18.2 Å². The smallest absolute Gasteiger partial charge is 0.0408 e. The number of benzene rings is 1. The Hall–Kier alpha value is -0.530. The molecule has 1 N–H and O–H groups in total. The van der Waals surface area contributed by atoms with Crippen molar-refractivity contribution >= 4 is 11.6 Å². The minimum absolute atomic E-state index is 0.693. The monoisotopic (exact) mass is 251 g/mol. The van der Waals surface area contributed by atoms with Crippen LogP contribution in [-0.2, 0) is 6.54 Å². The number of nitrogens with one attached hydrogen (secondary N) is 1. The lowest BCUT2D eigenvalue weighted by molar-refractivity contribution is 0.279. The third-order valence-electron chi connectivity index (χ3n) is 3.97. The third kappa shape index (κ3) is 3.46. The van der Waals surface area contributed by atoms with E-state index < -0.39 is 0 Å². The molecule has 1 fully saturated rings. The fourth-order valence-electron chi connectivity index (χ4n) is 2.72. The second-order valence-corrected chi connectivity index (χ2v) is 5.76. The van der Waals surface area contributed by atoms with Gasteiger partial charge in [0.05, 0.1) is 0 Å². The normalized spacial score (nSPS) is 24.9. The van der Waals surface area contributed by atoms with Gasteiger partial charge in [-0.2, -0.15) is 0 Å². The molecule has 2 rings (SSSR count). The summed E-state index contributed by atoms with van der Waals surface area (Å²) in [6, 6.07) is 6.86. The molecule has 1 aliphatic carbocycles. The van der Waals surface area contributed by atoms with Gasteiger partial charge in [0.15, 0.2) is 0 Å². The van der Waals surface area contributed by atoms with E-state index in [1.807, 2.05) is 12.1 Å². The van der Waals surface area contributed by atoms with Gasteiger partial charge in [0.2, 0.25) is 0 Å². The first-order valence-electron chi connectivity index (χ1n) is 6.65. The quantitative estimate of drug-likeness (QED) is 0.844. The van der Waals surface area contributed by atoms with Crippen LogP contribution >= 0.6 is 11.6 Å². The molecule has 0 aliphatic heterocycles. The van der Waals surface area contributed by atoms with Crippen molar-refractivity contribution in [2.75, 3.05) is 0 Å². The average molecular weight is 252 g/mol. The predicted molar refractivity (Wildman–Crippen MR) is 74.4 cm³/mol. The Kier molecular flexibility index (Phi) is 4.47. The average Bonchev–Trinajstić information content (AvgIpc) is 2.30. The Morgan fingerprint density at radius 3 is 2.76 bits per heavy atom. The van der Waals surface area contributed by atoms with Crippen LogP contribution in [0.5, 0.6) is 0 Å². The Balaban J connectivity index is 1.92. The predicted octanol–water partition coefficient (Wildman–Crippen LogP) is 4.32. The molecule has 2 atom stereocenters. The summed E-state index contributed by atoms with van der Waals surface area (Å²) in [6.45, 7) is 5.47. The van der Waals surface area contributed by atoms with Crippen LogP contribution in [0.25, 0.3) is 0 Å². The SMILES string of the molecule is Cc1cc(Cl)ccc1CNC1CCCCC1C. The first-order valence-corrected chi connectivity index (χ1v) is 7.03. The highest BCUT2D eigenvalue weighted by molar-refractivity contribution is 6.30. The van der Waals surface area contributed by atoms with Gasteiger partial charge < -0.3 is 5.32 Å². The van der Waals surface area contributed by atoms with E-state index in [1.165, 1.54) is 36.8 Å². The van der Waals surface area contributed by atoms with Crippen molar-refractivity contribution in [3.63, 3.8) is 0 Å². The van der Waals surface area contributed by atoms with Gasteiger partial charge in [0, 0.05) is 17.6 Å². The first kappa shape index (κ1) is 12.9. The summed E-state index contributed by atoms with van der Waals surface area (Å²) in [7, 11) is 0. The van der Waals surface area contributed by atoms with Crippen LogP contribution in [0.4, 0.5) is 0 Å². The Morgan fingerprint density at radius 1 is 1.29 bits per heavy atom. The molecular formula is C15H22ClN. The van der Waals surface area contributed by atoms with Gasteiger partial charge >= 0.3 is 0 Å². The van der Waals surface area contributed by atoms with Gasteiger partial charge in [-0.05, 0) is 48.9 Å². The van der Waals surface area contributed by atoms with Gasteiger partial charge in [-0.15, -0.1) is 0 Å². The van der Waals surface area contributed by atoms with E-state index in [-0.39, 0.29) is 0 Å². The molecule has 2 heteroatoms.